The largest absolute Gasteiger partial charge is 0.485 e. The zero-order valence-corrected chi connectivity index (χ0v) is 22.2. The highest BCUT2D eigenvalue weighted by atomic mass is 35.5. The van der Waals surface area contributed by atoms with Gasteiger partial charge in [0.2, 0.25) is 0 Å². The summed E-state index contributed by atoms with van der Waals surface area (Å²) in [5, 5.41) is 10.3. The molecule has 0 saturated heterocycles. The Labute approximate surface area is 218 Å². The van der Waals surface area contributed by atoms with Crippen LogP contribution in [0.5, 0.6) is 5.75 Å². The summed E-state index contributed by atoms with van der Waals surface area (Å²) in [7, 11) is 0. The van der Waals surface area contributed by atoms with Gasteiger partial charge in [0.15, 0.2) is 5.82 Å². The lowest BCUT2D eigenvalue weighted by Crippen LogP contribution is -2.23. The first-order chi connectivity index (χ1) is 17.4. The molecule has 0 fully saturated rings. The van der Waals surface area contributed by atoms with E-state index in [1.165, 1.54) is 10.6 Å². The number of pyridine rings is 3. The third-order valence-corrected chi connectivity index (χ3v) is 6.24. The van der Waals surface area contributed by atoms with Crippen molar-refractivity contribution in [2.24, 2.45) is 0 Å². The third-order valence-electron chi connectivity index (χ3n) is 5.89. The van der Waals surface area contributed by atoms with Crippen molar-refractivity contribution in [2.45, 2.75) is 53.8 Å². The average molecular weight is 524 g/mol. The molecule has 0 bridgehead atoms. The van der Waals surface area contributed by atoms with Crippen LogP contribution in [0.2, 0.25) is 5.02 Å². The number of hydrogen-bond donors (Lipinski definition) is 1. The summed E-state index contributed by atoms with van der Waals surface area (Å²) in [6.07, 6.45) is 4.41. The highest BCUT2D eigenvalue weighted by molar-refractivity contribution is 6.31. The van der Waals surface area contributed by atoms with Crippen molar-refractivity contribution in [1.29, 1.82) is 0 Å². The fourth-order valence-corrected chi connectivity index (χ4v) is 4.03. The average Bonchev–Trinajstić information content (AvgIpc) is 2.82. The van der Waals surface area contributed by atoms with E-state index in [2.05, 4.69) is 19.9 Å². The first-order valence-corrected chi connectivity index (χ1v) is 11.9. The summed E-state index contributed by atoms with van der Waals surface area (Å²) in [6.45, 7) is 10.4. The number of aliphatic hydroxyl groups is 1. The van der Waals surface area contributed by atoms with E-state index in [-0.39, 0.29) is 23.2 Å². The Hall–Kier alpha value is -3.69. The second-order valence-electron chi connectivity index (χ2n) is 9.45. The molecule has 4 heterocycles. The van der Waals surface area contributed by atoms with Crippen molar-refractivity contribution >= 4 is 11.6 Å². The minimum atomic E-state index is -1.23. The Balaban J connectivity index is 1.75. The fourth-order valence-electron chi connectivity index (χ4n) is 3.83. The minimum absolute atomic E-state index is 0.0314. The molecule has 192 valence electrons. The standard InChI is InChI=1S/C27H27ClFN5O3/c1-14-7-18(29)12-31-20(14)13-37-22-8-17(4)34(25(35)23(22)28)21-9-19(30-10-15(21)2)24-16(3)11-32-26(33-24)27(5,6)36/h7-12,36H,13H2,1-6H3. The normalized spacial score (nSPS) is 11.6. The Kier molecular flexibility index (Phi) is 7.12. The molecule has 1 N–H and O–H groups in total. The van der Waals surface area contributed by atoms with Crippen molar-refractivity contribution in [1.82, 2.24) is 24.5 Å². The molecule has 0 unspecified atom stereocenters. The van der Waals surface area contributed by atoms with Gasteiger partial charge in [-0.25, -0.2) is 14.4 Å². The minimum Gasteiger partial charge on any atom is -0.485 e. The molecule has 0 amide bonds. The first kappa shape index (κ1) is 26.4. The highest BCUT2D eigenvalue weighted by Gasteiger charge is 2.22. The monoisotopic (exact) mass is 523 g/mol. The molecule has 4 aromatic heterocycles. The van der Waals surface area contributed by atoms with Gasteiger partial charge in [-0.2, -0.15) is 0 Å². The van der Waals surface area contributed by atoms with Crippen molar-refractivity contribution in [2.75, 3.05) is 0 Å². The molecule has 4 rings (SSSR count). The van der Waals surface area contributed by atoms with Crippen LogP contribution in [0.1, 0.15) is 47.8 Å². The number of aryl methyl sites for hydroxylation is 4. The lowest BCUT2D eigenvalue weighted by molar-refractivity contribution is 0.0688. The molecule has 8 nitrogen and oxygen atoms in total. The lowest BCUT2D eigenvalue weighted by atomic mass is 10.1. The number of ether oxygens (including phenoxy) is 1. The van der Waals surface area contributed by atoms with E-state index < -0.39 is 17.0 Å². The van der Waals surface area contributed by atoms with E-state index in [1.54, 1.807) is 52.2 Å². The van der Waals surface area contributed by atoms with Crippen LogP contribution in [0.15, 0.2) is 41.6 Å². The molecule has 0 aliphatic carbocycles. The van der Waals surface area contributed by atoms with Gasteiger partial charge in [-0.05, 0) is 70.4 Å². The Morgan fingerprint density at radius 3 is 2.38 bits per heavy atom. The van der Waals surface area contributed by atoms with E-state index in [0.29, 0.717) is 34.0 Å². The maximum atomic E-state index is 13.4. The van der Waals surface area contributed by atoms with Crippen LogP contribution in [-0.4, -0.2) is 29.6 Å². The number of halogens is 2. The second-order valence-corrected chi connectivity index (χ2v) is 9.83. The summed E-state index contributed by atoms with van der Waals surface area (Å²) in [5.41, 5.74) is 3.24. The SMILES string of the molecule is Cc1cnc(-c2nc(C(C)(C)O)ncc2C)cc1-n1c(C)cc(OCc2ncc(F)cc2C)c(Cl)c1=O. The molecular weight excluding hydrogens is 497 g/mol. The van der Waals surface area contributed by atoms with Crippen molar-refractivity contribution < 1.29 is 14.2 Å². The van der Waals surface area contributed by atoms with Gasteiger partial charge in [0, 0.05) is 24.2 Å². The molecule has 10 heteroatoms. The Bertz CT molecular complexity index is 1560. The zero-order chi connectivity index (χ0) is 27.1. The lowest BCUT2D eigenvalue weighted by Gasteiger charge is -2.18. The van der Waals surface area contributed by atoms with Crippen LogP contribution >= 0.6 is 11.6 Å². The van der Waals surface area contributed by atoms with Crippen LogP contribution in [-0.2, 0) is 12.2 Å². The smallest absolute Gasteiger partial charge is 0.277 e. The number of rotatable bonds is 6. The molecule has 4 aromatic rings. The van der Waals surface area contributed by atoms with Crippen molar-refractivity contribution in [3.05, 3.63) is 91.9 Å². The fraction of sp³-hybridized carbons (Fsp3) is 0.296. The van der Waals surface area contributed by atoms with Gasteiger partial charge in [0.25, 0.3) is 5.56 Å². The summed E-state index contributed by atoms with van der Waals surface area (Å²) in [6, 6.07) is 4.80. The van der Waals surface area contributed by atoms with Gasteiger partial charge in [0.1, 0.15) is 28.8 Å². The molecule has 0 aliphatic rings. The van der Waals surface area contributed by atoms with Crippen LogP contribution in [0.3, 0.4) is 0 Å². The van der Waals surface area contributed by atoms with Crippen LogP contribution in [0.4, 0.5) is 4.39 Å². The van der Waals surface area contributed by atoms with Crippen LogP contribution in [0, 0.1) is 33.5 Å². The maximum absolute atomic E-state index is 13.4. The van der Waals surface area contributed by atoms with Gasteiger partial charge < -0.3 is 9.84 Å². The third kappa shape index (κ3) is 5.38. The molecular formula is C27H27ClFN5O3. The van der Waals surface area contributed by atoms with Gasteiger partial charge in [-0.1, -0.05) is 11.6 Å². The summed E-state index contributed by atoms with van der Waals surface area (Å²) >= 11 is 6.45. The van der Waals surface area contributed by atoms with E-state index in [4.69, 9.17) is 16.3 Å². The maximum Gasteiger partial charge on any atom is 0.277 e. The van der Waals surface area contributed by atoms with Crippen molar-refractivity contribution in [3.8, 4) is 22.8 Å². The number of aromatic nitrogens is 5. The summed E-state index contributed by atoms with van der Waals surface area (Å²) < 4.78 is 20.6. The first-order valence-electron chi connectivity index (χ1n) is 11.6. The molecule has 0 aliphatic heterocycles. The van der Waals surface area contributed by atoms with Gasteiger partial charge >= 0.3 is 0 Å². The van der Waals surface area contributed by atoms with Crippen LogP contribution in [0.25, 0.3) is 17.1 Å². The van der Waals surface area contributed by atoms with Gasteiger partial charge in [-0.15, -0.1) is 0 Å². The zero-order valence-electron chi connectivity index (χ0n) is 21.4. The van der Waals surface area contributed by atoms with E-state index in [9.17, 15) is 14.3 Å². The summed E-state index contributed by atoms with van der Waals surface area (Å²) in [4.78, 5) is 30.7. The summed E-state index contributed by atoms with van der Waals surface area (Å²) in [5.74, 6) is 0.0402. The highest BCUT2D eigenvalue weighted by Crippen LogP contribution is 2.28. The number of nitrogens with zero attached hydrogens (tertiary/aromatic N) is 5. The van der Waals surface area contributed by atoms with E-state index >= 15 is 0 Å². The van der Waals surface area contributed by atoms with Crippen molar-refractivity contribution in [3.63, 3.8) is 0 Å². The molecule has 0 atom stereocenters. The molecule has 0 radical (unpaired) electrons. The Morgan fingerprint density at radius 2 is 1.70 bits per heavy atom. The predicted molar refractivity (Wildman–Crippen MR) is 139 cm³/mol. The number of hydrogen-bond acceptors (Lipinski definition) is 7. The van der Waals surface area contributed by atoms with Gasteiger partial charge in [0.05, 0.1) is 29.0 Å². The molecule has 37 heavy (non-hydrogen) atoms. The van der Waals surface area contributed by atoms with Gasteiger partial charge in [-0.3, -0.25) is 19.3 Å². The quantitative estimate of drug-likeness (QED) is 0.382. The molecule has 0 saturated carbocycles. The topological polar surface area (TPSA) is 103 Å². The van der Waals surface area contributed by atoms with Crippen LogP contribution < -0.4 is 10.3 Å². The van der Waals surface area contributed by atoms with E-state index in [0.717, 1.165) is 17.3 Å². The molecule has 0 spiro atoms. The predicted octanol–water partition coefficient (Wildman–Crippen LogP) is 4.92. The second kappa shape index (κ2) is 9.99. The van der Waals surface area contributed by atoms with E-state index in [1.807, 2.05) is 13.8 Å². The molecule has 0 aromatic carbocycles. The Morgan fingerprint density at radius 1 is 1.00 bits per heavy atom.